The number of fused-ring (bicyclic) bond motifs is 3. The van der Waals surface area contributed by atoms with Crippen molar-refractivity contribution in [1.82, 2.24) is 9.88 Å². The van der Waals surface area contributed by atoms with Crippen molar-refractivity contribution in [3.05, 3.63) is 69.9 Å². The normalized spacial score (nSPS) is 19.7. The average molecular weight is 390 g/mol. The molecule has 1 aromatic heterocycles. The number of rotatable bonds is 3. The number of benzene rings is 2. The third-order valence-electron chi connectivity index (χ3n) is 5.77. The number of nitrogens with zero attached hydrogens (tertiary/aromatic N) is 3. The van der Waals surface area contributed by atoms with E-state index < -0.39 is 11.0 Å². The molecule has 2 aromatic carbocycles. The van der Waals surface area contributed by atoms with Crippen LogP contribution in [0.4, 0.5) is 11.4 Å². The predicted molar refractivity (Wildman–Crippen MR) is 106 cm³/mol. The molecule has 8 nitrogen and oxygen atoms in total. The molecule has 1 atom stereocenters. The third-order valence-corrected chi connectivity index (χ3v) is 5.77. The van der Waals surface area contributed by atoms with Crippen LogP contribution in [0.3, 0.4) is 0 Å². The van der Waals surface area contributed by atoms with Gasteiger partial charge in [-0.3, -0.25) is 24.6 Å². The zero-order chi connectivity index (χ0) is 20.1. The van der Waals surface area contributed by atoms with Gasteiger partial charge in [0.25, 0.3) is 11.6 Å². The standard InChI is InChI=1S/C21H18N4O4/c26-20-11-19(21(27)24(20)13-4-3-5-14(10-13)25(28)29)23-9-8-16-15-6-1-2-7-17(15)22-18(16)12-23/h1-7,10,19,22H,8-9,11-12H2/t19-/m0/s1. The van der Waals surface area contributed by atoms with Crippen molar-refractivity contribution in [2.75, 3.05) is 11.4 Å². The Morgan fingerprint density at radius 1 is 1.10 bits per heavy atom. The molecule has 3 heterocycles. The first-order valence-electron chi connectivity index (χ1n) is 9.46. The summed E-state index contributed by atoms with van der Waals surface area (Å²) in [5, 5.41) is 12.2. The Morgan fingerprint density at radius 3 is 2.76 bits per heavy atom. The number of carbonyl (C=O) groups excluding carboxylic acids is 2. The second-order valence-electron chi connectivity index (χ2n) is 7.41. The molecule has 0 radical (unpaired) electrons. The van der Waals surface area contributed by atoms with E-state index in [2.05, 4.69) is 11.1 Å². The van der Waals surface area contributed by atoms with Crippen molar-refractivity contribution in [3.63, 3.8) is 0 Å². The van der Waals surface area contributed by atoms with Gasteiger partial charge in [-0.25, -0.2) is 4.90 Å². The number of aromatic amines is 1. The minimum absolute atomic E-state index is 0.0804. The number of hydrogen-bond acceptors (Lipinski definition) is 5. The number of aromatic nitrogens is 1. The Bertz CT molecular complexity index is 1170. The Labute approximate surface area is 165 Å². The molecule has 8 heteroatoms. The number of hydrogen-bond donors (Lipinski definition) is 1. The Balaban J connectivity index is 1.42. The second kappa shape index (κ2) is 6.52. The monoisotopic (exact) mass is 390 g/mol. The fraction of sp³-hybridized carbons (Fsp3) is 0.238. The lowest BCUT2D eigenvalue weighted by atomic mass is 10.0. The molecule has 146 valence electrons. The summed E-state index contributed by atoms with van der Waals surface area (Å²) in [7, 11) is 0. The topological polar surface area (TPSA) is 99.6 Å². The van der Waals surface area contributed by atoms with Gasteiger partial charge in [0.05, 0.1) is 23.1 Å². The molecule has 2 amide bonds. The minimum atomic E-state index is -0.554. The van der Waals surface area contributed by atoms with Crippen LogP contribution in [0.1, 0.15) is 17.7 Å². The Kier molecular flexibility index (Phi) is 3.95. The maximum Gasteiger partial charge on any atom is 0.271 e. The molecule has 0 aliphatic carbocycles. The van der Waals surface area contributed by atoms with E-state index in [0.29, 0.717) is 13.1 Å². The Morgan fingerprint density at radius 2 is 1.93 bits per heavy atom. The molecule has 1 N–H and O–H groups in total. The number of nitro groups is 1. The zero-order valence-electron chi connectivity index (χ0n) is 15.5. The number of H-pyrrole nitrogens is 1. The lowest BCUT2D eigenvalue weighted by Gasteiger charge is -2.30. The number of carbonyl (C=O) groups is 2. The lowest BCUT2D eigenvalue weighted by molar-refractivity contribution is -0.384. The van der Waals surface area contributed by atoms with Crippen LogP contribution < -0.4 is 4.90 Å². The highest BCUT2D eigenvalue weighted by Gasteiger charge is 2.44. The van der Waals surface area contributed by atoms with Gasteiger partial charge in [-0.05, 0) is 24.1 Å². The van der Waals surface area contributed by atoms with Crippen molar-refractivity contribution in [2.24, 2.45) is 0 Å². The van der Waals surface area contributed by atoms with E-state index in [0.717, 1.165) is 22.5 Å². The molecule has 3 aromatic rings. The fourth-order valence-electron chi connectivity index (χ4n) is 4.40. The highest BCUT2D eigenvalue weighted by Crippen LogP contribution is 2.32. The molecule has 2 aliphatic heterocycles. The summed E-state index contributed by atoms with van der Waals surface area (Å²) in [6.07, 6.45) is 0.880. The van der Waals surface area contributed by atoms with Crippen LogP contribution in [0, 0.1) is 10.1 Å². The minimum Gasteiger partial charge on any atom is -0.357 e. The SMILES string of the molecule is O=C1C[C@H](N2CCc3c([nH]c4ccccc34)C2)C(=O)N1c1cccc([N+](=O)[O-])c1. The number of anilines is 1. The highest BCUT2D eigenvalue weighted by atomic mass is 16.6. The predicted octanol–water partition coefficient (Wildman–Crippen LogP) is 2.77. The molecular formula is C21H18N4O4. The van der Waals surface area contributed by atoms with Gasteiger partial charge >= 0.3 is 0 Å². The van der Waals surface area contributed by atoms with Gasteiger partial charge in [0.1, 0.15) is 0 Å². The quantitative estimate of drug-likeness (QED) is 0.421. The summed E-state index contributed by atoms with van der Waals surface area (Å²) >= 11 is 0. The van der Waals surface area contributed by atoms with E-state index in [1.807, 2.05) is 23.1 Å². The largest absolute Gasteiger partial charge is 0.357 e. The molecule has 1 saturated heterocycles. The van der Waals surface area contributed by atoms with Gasteiger partial charge < -0.3 is 4.98 Å². The van der Waals surface area contributed by atoms with Crippen molar-refractivity contribution in [3.8, 4) is 0 Å². The maximum atomic E-state index is 13.1. The van der Waals surface area contributed by atoms with Gasteiger partial charge in [0.2, 0.25) is 5.91 Å². The van der Waals surface area contributed by atoms with Gasteiger partial charge in [0.15, 0.2) is 0 Å². The van der Waals surface area contributed by atoms with Crippen LogP contribution in [0.5, 0.6) is 0 Å². The number of para-hydroxylation sites is 1. The number of imide groups is 1. The third kappa shape index (κ3) is 2.80. The van der Waals surface area contributed by atoms with Crippen LogP contribution in [0.25, 0.3) is 10.9 Å². The molecule has 29 heavy (non-hydrogen) atoms. The van der Waals surface area contributed by atoms with E-state index >= 15 is 0 Å². The van der Waals surface area contributed by atoms with Crippen LogP contribution in [-0.2, 0) is 22.6 Å². The first kappa shape index (κ1) is 17.6. The average Bonchev–Trinajstić information content (AvgIpc) is 3.24. The fourth-order valence-corrected chi connectivity index (χ4v) is 4.40. The van der Waals surface area contributed by atoms with E-state index in [-0.39, 0.29) is 29.6 Å². The molecule has 0 unspecified atom stereocenters. The van der Waals surface area contributed by atoms with Crippen LogP contribution >= 0.6 is 0 Å². The van der Waals surface area contributed by atoms with Crippen molar-refractivity contribution in [2.45, 2.75) is 25.4 Å². The summed E-state index contributed by atoms with van der Waals surface area (Å²) in [6, 6.07) is 13.2. The van der Waals surface area contributed by atoms with Gasteiger partial charge in [-0.15, -0.1) is 0 Å². The van der Waals surface area contributed by atoms with Crippen LogP contribution in [0.2, 0.25) is 0 Å². The van der Waals surface area contributed by atoms with Gasteiger partial charge in [0, 0.05) is 41.8 Å². The van der Waals surface area contributed by atoms with E-state index in [4.69, 9.17) is 0 Å². The molecule has 0 spiro atoms. The second-order valence-corrected chi connectivity index (χ2v) is 7.41. The molecule has 0 bridgehead atoms. The number of nitro benzene ring substituents is 1. The van der Waals surface area contributed by atoms with Crippen molar-refractivity contribution in [1.29, 1.82) is 0 Å². The Hall–Kier alpha value is -3.52. The van der Waals surface area contributed by atoms with Crippen molar-refractivity contribution >= 4 is 34.1 Å². The molecule has 1 fully saturated rings. The van der Waals surface area contributed by atoms with E-state index in [9.17, 15) is 19.7 Å². The molecule has 2 aliphatic rings. The van der Waals surface area contributed by atoms with Crippen LogP contribution in [-0.4, -0.2) is 39.2 Å². The summed E-state index contributed by atoms with van der Waals surface area (Å²) in [6.45, 7) is 1.25. The van der Waals surface area contributed by atoms with Crippen molar-refractivity contribution < 1.29 is 14.5 Å². The summed E-state index contributed by atoms with van der Waals surface area (Å²) in [4.78, 5) is 42.7. The lowest BCUT2D eigenvalue weighted by Crippen LogP contribution is -2.44. The number of nitrogens with one attached hydrogen (secondary N) is 1. The zero-order valence-corrected chi connectivity index (χ0v) is 15.5. The molecule has 0 saturated carbocycles. The van der Waals surface area contributed by atoms with E-state index in [1.54, 1.807) is 6.07 Å². The smallest absolute Gasteiger partial charge is 0.271 e. The summed E-state index contributed by atoms with van der Waals surface area (Å²) in [5.41, 5.74) is 3.52. The first-order chi connectivity index (χ1) is 14.0. The number of non-ortho nitro benzene ring substituents is 1. The molecular weight excluding hydrogens is 372 g/mol. The van der Waals surface area contributed by atoms with Crippen LogP contribution in [0.15, 0.2) is 48.5 Å². The maximum absolute atomic E-state index is 13.1. The number of amides is 2. The van der Waals surface area contributed by atoms with E-state index in [1.165, 1.54) is 29.1 Å². The highest BCUT2D eigenvalue weighted by molar-refractivity contribution is 6.22. The van der Waals surface area contributed by atoms with Gasteiger partial charge in [-0.2, -0.15) is 0 Å². The van der Waals surface area contributed by atoms with Gasteiger partial charge in [-0.1, -0.05) is 24.3 Å². The summed E-state index contributed by atoms with van der Waals surface area (Å²) in [5.74, 6) is -0.655. The summed E-state index contributed by atoms with van der Waals surface area (Å²) < 4.78 is 0. The molecule has 5 rings (SSSR count). The first-order valence-corrected chi connectivity index (χ1v) is 9.46.